The maximum Gasteiger partial charge on any atom is 0.254 e. The van der Waals surface area contributed by atoms with Crippen LogP contribution in [-0.2, 0) is 4.79 Å². The number of pyridine rings is 2. The zero-order chi connectivity index (χ0) is 26.7. The number of benzene rings is 1. The molecule has 0 saturated heterocycles. The van der Waals surface area contributed by atoms with Crippen molar-refractivity contribution in [1.29, 1.82) is 5.26 Å². The monoisotopic (exact) mass is 463 g/mol. The number of para-hydroxylation sites is 1. The van der Waals surface area contributed by atoms with E-state index in [1.165, 1.54) is 13.2 Å². The number of methoxy groups -OCH3 is 1. The maximum atomic E-state index is 13.6. The van der Waals surface area contributed by atoms with Crippen LogP contribution in [0.1, 0.15) is 32.9 Å². The number of hydrogen-bond donors (Lipinski definition) is 3. The minimum Gasteiger partial charge on any atom is -0.494 e. The first-order chi connectivity index (χ1) is 17.6. The molecule has 0 spiro atoms. The number of anilines is 3. The molecule has 1 fully saturated rings. The largest absolute Gasteiger partial charge is 0.494 e. The summed E-state index contributed by atoms with van der Waals surface area (Å²) in [6.07, 6.45) is 3.69. The van der Waals surface area contributed by atoms with E-state index in [1.807, 2.05) is 11.4 Å². The summed E-state index contributed by atoms with van der Waals surface area (Å²) in [5.74, 6) is -1.50. The molecule has 0 unspecified atom stereocenters. The molecular formula is C24H21FN6O3. The van der Waals surface area contributed by atoms with Gasteiger partial charge in [-0.15, -0.1) is 0 Å². The minimum absolute atomic E-state index is 0.0119. The number of carbonyl (C=O) groups excluding carboxylic acids is 2. The van der Waals surface area contributed by atoms with Gasteiger partial charge in [0.05, 0.1) is 41.5 Å². The Kier molecular flexibility index (Phi) is 5.33. The second-order valence-corrected chi connectivity index (χ2v) is 7.51. The number of aromatic nitrogens is 2. The molecule has 2 aromatic heterocycles. The first-order valence-corrected chi connectivity index (χ1v) is 10.2. The molecule has 1 saturated carbocycles. The molecule has 3 aromatic rings. The Balaban J connectivity index is 1.77. The average Bonchev–Trinajstić information content (AvgIpc) is 3.68. The van der Waals surface area contributed by atoms with Gasteiger partial charge in [0.2, 0.25) is 5.91 Å². The van der Waals surface area contributed by atoms with Crippen LogP contribution in [0.2, 0.25) is 0 Å². The second-order valence-electron chi connectivity index (χ2n) is 7.51. The Morgan fingerprint density at radius 1 is 1.24 bits per heavy atom. The van der Waals surface area contributed by atoms with Gasteiger partial charge in [-0.1, -0.05) is 6.07 Å². The first kappa shape index (κ1) is 19.0. The Labute approximate surface area is 199 Å². The van der Waals surface area contributed by atoms with E-state index in [0.717, 1.165) is 31.3 Å². The molecule has 0 aliphatic heterocycles. The third kappa shape index (κ3) is 4.63. The van der Waals surface area contributed by atoms with Gasteiger partial charge in [0.1, 0.15) is 17.7 Å². The van der Waals surface area contributed by atoms with Crippen LogP contribution in [0.25, 0.3) is 11.3 Å². The maximum absolute atomic E-state index is 13.6. The van der Waals surface area contributed by atoms with Crippen LogP contribution in [0.5, 0.6) is 5.75 Å². The van der Waals surface area contributed by atoms with Crippen molar-refractivity contribution in [2.24, 2.45) is 5.92 Å². The van der Waals surface area contributed by atoms with Gasteiger partial charge in [-0.3, -0.25) is 14.6 Å². The lowest BCUT2D eigenvalue weighted by molar-refractivity contribution is -0.117. The highest BCUT2D eigenvalue weighted by Gasteiger charge is 2.30. The number of carbonyl (C=O) groups is 2. The lowest BCUT2D eigenvalue weighted by Gasteiger charge is -2.17. The van der Waals surface area contributed by atoms with Crippen molar-refractivity contribution in [2.75, 3.05) is 24.7 Å². The van der Waals surface area contributed by atoms with Gasteiger partial charge in [0.25, 0.3) is 5.91 Å². The molecule has 34 heavy (non-hydrogen) atoms. The zero-order valence-corrected chi connectivity index (χ0v) is 18.0. The van der Waals surface area contributed by atoms with Gasteiger partial charge in [-0.25, -0.2) is 9.37 Å². The number of nitrogens with one attached hydrogen (secondary N) is 3. The van der Waals surface area contributed by atoms with Crippen molar-refractivity contribution in [2.45, 2.75) is 12.8 Å². The molecule has 4 rings (SSSR count). The molecule has 172 valence electrons. The van der Waals surface area contributed by atoms with Gasteiger partial charge >= 0.3 is 0 Å². The molecular weight excluding hydrogens is 439 g/mol. The van der Waals surface area contributed by atoms with Gasteiger partial charge in [0.15, 0.2) is 5.75 Å². The summed E-state index contributed by atoms with van der Waals surface area (Å²) in [6.45, 7) is -2.74. The second kappa shape index (κ2) is 9.54. The van der Waals surface area contributed by atoms with E-state index in [0.29, 0.717) is 11.3 Å². The summed E-state index contributed by atoms with van der Waals surface area (Å²) in [4.78, 5) is 33.1. The van der Waals surface area contributed by atoms with Gasteiger partial charge in [-0.05, 0) is 31.0 Å². The van der Waals surface area contributed by atoms with Crippen molar-refractivity contribution in [1.82, 2.24) is 15.3 Å². The normalized spacial score (nSPS) is 14.1. The summed E-state index contributed by atoms with van der Waals surface area (Å²) in [5, 5.41) is 17.1. The van der Waals surface area contributed by atoms with E-state index in [1.54, 1.807) is 18.2 Å². The standard InChI is InChI=1S/C24H21FN6O3/c1-27-24(33)17-12-28-20(31-23(32)13-6-7-13)9-19(17)30-18-5-3-4-16(22(18)34-2)21-14(10-26)8-15(25)11-29-21/h3-5,8-9,11-13H,6-7H2,1-2H3,(H,27,33)(H2,28,30,31,32)/i1D3. The Morgan fingerprint density at radius 2 is 2.06 bits per heavy atom. The highest BCUT2D eigenvalue weighted by molar-refractivity contribution is 6.01. The number of nitriles is 1. The quantitative estimate of drug-likeness (QED) is 0.488. The smallest absolute Gasteiger partial charge is 0.254 e. The van der Waals surface area contributed by atoms with Crippen LogP contribution < -0.4 is 20.7 Å². The number of ether oxygens (including phenoxy) is 1. The third-order valence-electron chi connectivity index (χ3n) is 5.18. The SMILES string of the molecule is [2H]C([2H])([2H])NC(=O)c1cnc(NC(=O)C2CC2)cc1Nc1cccc(-c2ncc(F)cc2C#N)c1OC. The minimum atomic E-state index is -2.74. The fourth-order valence-electron chi connectivity index (χ4n) is 3.38. The van der Waals surface area contributed by atoms with E-state index in [4.69, 9.17) is 8.85 Å². The van der Waals surface area contributed by atoms with E-state index in [9.17, 15) is 19.2 Å². The number of halogens is 1. The van der Waals surface area contributed by atoms with E-state index >= 15 is 0 Å². The van der Waals surface area contributed by atoms with Crippen LogP contribution >= 0.6 is 0 Å². The number of amides is 2. The molecule has 10 heteroatoms. The van der Waals surface area contributed by atoms with Crippen molar-refractivity contribution < 1.29 is 22.8 Å². The highest BCUT2D eigenvalue weighted by atomic mass is 19.1. The van der Waals surface area contributed by atoms with Crippen LogP contribution in [0.4, 0.5) is 21.6 Å². The van der Waals surface area contributed by atoms with Crippen molar-refractivity contribution in [3.05, 3.63) is 59.7 Å². The Hall–Kier alpha value is -4.52. The van der Waals surface area contributed by atoms with Crippen LogP contribution in [0, 0.1) is 23.1 Å². The molecule has 3 N–H and O–H groups in total. The van der Waals surface area contributed by atoms with Gasteiger partial charge < -0.3 is 20.7 Å². The fourth-order valence-corrected chi connectivity index (χ4v) is 3.38. The molecule has 1 aliphatic carbocycles. The van der Waals surface area contributed by atoms with Crippen LogP contribution in [0.15, 0.2) is 42.7 Å². The molecule has 1 aliphatic rings. The Morgan fingerprint density at radius 3 is 2.76 bits per heavy atom. The predicted octanol–water partition coefficient (Wildman–Crippen LogP) is 3.61. The van der Waals surface area contributed by atoms with E-state index in [-0.39, 0.29) is 45.9 Å². The van der Waals surface area contributed by atoms with Crippen molar-refractivity contribution >= 4 is 29.0 Å². The summed E-state index contributed by atoms with van der Waals surface area (Å²) in [6, 6.07) is 9.23. The summed E-state index contributed by atoms with van der Waals surface area (Å²) in [5.41, 5.74) is 0.882. The van der Waals surface area contributed by atoms with E-state index in [2.05, 4.69) is 20.6 Å². The summed E-state index contributed by atoms with van der Waals surface area (Å²) >= 11 is 0. The molecule has 9 nitrogen and oxygen atoms in total. The van der Waals surface area contributed by atoms with Gasteiger partial charge in [-0.2, -0.15) is 5.26 Å². The summed E-state index contributed by atoms with van der Waals surface area (Å²) in [7, 11) is 1.38. The first-order valence-electron chi connectivity index (χ1n) is 11.7. The van der Waals surface area contributed by atoms with Crippen molar-refractivity contribution in [3.63, 3.8) is 0 Å². The summed E-state index contributed by atoms with van der Waals surface area (Å²) < 4.78 is 41.3. The number of hydrogen-bond acceptors (Lipinski definition) is 7. The Bertz CT molecular complexity index is 1420. The van der Waals surface area contributed by atoms with Gasteiger partial charge in [0, 0.05) is 34.8 Å². The van der Waals surface area contributed by atoms with Crippen LogP contribution in [-0.4, -0.2) is 35.9 Å². The lowest BCUT2D eigenvalue weighted by atomic mass is 10.0. The molecule has 2 heterocycles. The number of rotatable bonds is 7. The molecule has 0 radical (unpaired) electrons. The topological polar surface area (TPSA) is 129 Å². The lowest BCUT2D eigenvalue weighted by Crippen LogP contribution is -2.20. The van der Waals surface area contributed by atoms with Crippen molar-refractivity contribution in [3.8, 4) is 23.1 Å². The molecule has 2 amide bonds. The zero-order valence-electron chi connectivity index (χ0n) is 21.0. The molecule has 0 bridgehead atoms. The van der Waals surface area contributed by atoms with E-state index < -0.39 is 18.7 Å². The third-order valence-corrected chi connectivity index (χ3v) is 5.18. The number of nitrogens with zero attached hydrogens (tertiary/aromatic N) is 3. The predicted molar refractivity (Wildman–Crippen MR) is 123 cm³/mol. The molecule has 0 atom stereocenters. The van der Waals surface area contributed by atoms with Crippen LogP contribution in [0.3, 0.4) is 0 Å². The fraction of sp³-hybridized carbons (Fsp3) is 0.208. The molecule has 1 aromatic carbocycles. The highest BCUT2D eigenvalue weighted by Crippen LogP contribution is 2.39. The average molecular weight is 463 g/mol.